The molecule has 1 aromatic heterocycles. The van der Waals surface area contributed by atoms with Gasteiger partial charge in [-0.25, -0.2) is 4.98 Å². The average Bonchev–Trinajstić information content (AvgIpc) is 2.58. The fraction of sp³-hybridized carbons (Fsp3) is 0.167. The lowest BCUT2D eigenvalue weighted by Gasteiger charge is -2.01. The van der Waals surface area contributed by atoms with Gasteiger partial charge >= 0.3 is 0 Å². The van der Waals surface area contributed by atoms with Crippen molar-refractivity contribution in [3.05, 3.63) is 46.0 Å². The third-order valence-corrected chi connectivity index (χ3v) is 3.50. The van der Waals surface area contributed by atoms with Crippen molar-refractivity contribution in [2.45, 2.75) is 13.3 Å². The van der Waals surface area contributed by atoms with Crippen molar-refractivity contribution in [3.8, 4) is 0 Å². The standard InChI is InChI=1S/C12H13N3OS/c1-7-10(17-12(14)15-7)6-8-2-4-9(5-3-8)11(13)16/h2-5H,6H2,1H3,(H2,13,16)(H2,14,15). The Labute approximate surface area is 103 Å². The van der Waals surface area contributed by atoms with E-state index >= 15 is 0 Å². The molecule has 1 amide bonds. The Hall–Kier alpha value is -1.88. The van der Waals surface area contributed by atoms with Crippen LogP contribution in [-0.4, -0.2) is 10.9 Å². The zero-order chi connectivity index (χ0) is 12.4. The number of carbonyl (C=O) groups is 1. The van der Waals surface area contributed by atoms with Crippen LogP contribution in [0.4, 0.5) is 5.13 Å². The van der Waals surface area contributed by atoms with E-state index in [0.29, 0.717) is 10.7 Å². The number of carbonyl (C=O) groups excluding carboxylic acids is 1. The minimum atomic E-state index is -0.408. The fourth-order valence-corrected chi connectivity index (χ4v) is 2.45. The summed E-state index contributed by atoms with van der Waals surface area (Å²) in [7, 11) is 0. The van der Waals surface area contributed by atoms with Crippen LogP contribution >= 0.6 is 11.3 Å². The van der Waals surface area contributed by atoms with E-state index in [0.717, 1.165) is 22.6 Å². The Kier molecular flexibility index (Phi) is 3.10. The van der Waals surface area contributed by atoms with Crippen LogP contribution in [0.1, 0.15) is 26.5 Å². The monoisotopic (exact) mass is 247 g/mol. The summed E-state index contributed by atoms with van der Waals surface area (Å²) in [6, 6.07) is 7.26. The first-order valence-corrected chi connectivity index (χ1v) is 5.98. The topological polar surface area (TPSA) is 82.0 Å². The maximum Gasteiger partial charge on any atom is 0.248 e. The third kappa shape index (κ3) is 2.62. The number of nitrogen functional groups attached to an aromatic ring is 1. The molecule has 0 bridgehead atoms. The van der Waals surface area contributed by atoms with Crippen molar-refractivity contribution >= 4 is 22.4 Å². The molecule has 0 fully saturated rings. The Morgan fingerprint density at radius 1 is 1.35 bits per heavy atom. The van der Waals surface area contributed by atoms with Crippen molar-refractivity contribution in [1.82, 2.24) is 4.98 Å². The van der Waals surface area contributed by atoms with Gasteiger partial charge in [0.25, 0.3) is 0 Å². The highest BCUT2D eigenvalue weighted by molar-refractivity contribution is 7.15. The number of hydrogen-bond donors (Lipinski definition) is 2. The van der Waals surface area contributed by atoms with Crippen molar-refractivity contribution in [1.29, 1.82) is 0 Å². The highest BCUT2D eigenvalue weighted by Gasteiger charge is 2.07. The molecule has 0 aliphatic rings. The van der Waals surface area contributed by atoms with E-state index in [2.05, 4.69) is 4.98 Å². The second kappa shape index (κ2) is 4.55. The van der Waals surface area contributed by atoms with Crippen LogP contribution in [0.2, 0.25) is 0 Å². The molecule has 0 saturated heterocycles. The van der Waals surface area contributed by atoms with Crippen molar-refractivity contribution in [3.63, 3.8) is 0 Å². The van der Waals surface area contributed by atoms with Crippen LogP contribution in [0.15, 0.2) is 24.3 Å². The lowest BCUT2D eigenvalue weighted by atomic mass is 10.1. The average molecular weight is 247 g/mol. The summed E-state index contributed by atoms with van der Waals surface area (Å²) in [4.78, 5) is 16.2. The zero-order valence-corrected chi connectivity index (χ0v) is 10.3. The summed E-state index contributed by atoms with van der Waals surface area (Å²) < 4.78 is 0. The number of aryl methyl sites for hydroxylation is 1. The Bertz CT molecular complexity index is 545. The third-order valence-electron chi connectivity index (χ3n) is 2.51. The van der Waals surface area contributed by atoms with Crippen LogP contribution in [0.3, 0.4) is 0 Å². The number of amides is 1. The molecule has 0 aliphatic carbocycles. The van der Waals surface area contributed by atoms with Crippen molar-refractivity contribution < 1.29 is 4.79 Å². The Morgan fingerprint density at radius 3 is 2.47 bits per heavy atom. The second-order valence-corrected chi connectivity index (χ2v) is 4.91. The molecule has 4 N–H and O–H groups in total. The van der Waals surface area contributed by atoms with Crippen LogP contribution in [0.5, 0.6) is 0 Å². The fourth-order valence-electron chi connectivity index (χ4n) is 1.59. The van der Waals surface area contributed by atoms with Crippen LogP contribution in [0, 0.1) is 6.92 Å². The van der Waals surface area contributed by atoms with E-state index in [1.54, 1.807) is 12.1 Å². The molecule has 88 valence electrons. The molecule has 2 aromatic rings. The van der Waals surface area contributed by atoms with Gasteiger partial charge in [0, 0.05) is 16.9 Å². The van der Waals surface area contributed by atoms with E-state index in [-0.39, 0.29) is 0 Å². The van der Waals surface area contributed by atoms with E-state index in [1.165, 1.54) is 11.3 Å². The van der Waals surface area contributed by atoms with Gasteiger partial charge in [0.05, 0.1) is 5.69 Å². The van der Waals surface area contributed by atoms with E-state index in [4.69, 9.17) is 11.5 Å². The number of thiazole rings is 1. The predicted molar refractivity (Wildman–Crippen MR) is 69.0 cm³/mol. The van der Waals surface area contributed by atoms with Crippen molar-refractivity contribution in [2.75, 3.05) is 5.73 Å². The van der Waals surface area contributed by atoms with Gasteiger partial charge in [0.1, 0.15) is 0 Å². The first kappa shape index (κ1) is 11.6. The SMILES string of the molecule is Cc1nc(N)sc1Cc1ccc(C(N)=O)cc1. The van der Waals surface area contributed by atoms with Gasteiger partial charge in [-0.3, -0.25) is 4.79 Å². The number of anilines is 1. The zero-order valence-electron chi connectivity index (χ0n) is 9.43. The van der Waals surface area contributed by atoms with Crippen LogP contribution < -0.4 is 11.5 Å². The lowest BCUT2D eigenvalue weighted by molar-refractivity contribution is 0.100. The van der Waals surface area contributed by atoms with Gasteiger partial charge in [-0.15, -0.1) is 11.3 Å². The van der Waals surface area contributed by atoms with E-state index < -0.39 is 5.91 Å². The molecule has 0 unspecified atom stereocenters. The van der Waals surface area contributed by atoms with Gasteiger partial charge in [-0.2, -0.15) is 0 Å². The van der Waals surface area contributed by atoms with Crippen LogP contribution in [0.25, 0.3) is 0 Å². The summed E-state index contributed by atoms with van der Waals surface area (Å²) in [5, 5.41) is 0.589. The van der Waals surface area contributed by atoms with Gasteiger partial charge in [0.2, 0.25) is 5.91 Å². The number of nitrogens with two attached hydrogens (primary N) is 2. The number of hydrogen-bond acceptors (Lipinski definition) is 4. The minimum Gasteiger partial charge on any atom is -0.375 e. The molecule has 17 heavy (non-hydrogen) atoms. The summed E-state index contributed by atoms with van der Waals surface area (Å²) in [5.74, 6) is -0.408. The molecule has 0 radical (unpaired) electrons. The summed E-state index contributed by atoms with van der Waals surface area (Å²) in [6.07, 6.45) is 0.778. The smallest absolute Gasteiger partial charge is 0.248 e. The molecule has 1 aromatic carbocycles. The predicted octanol–water partition coefficient (Wildman–Crippen LogP) is 1.72. The van der Waals surface area contributed by atoms with E-state index in [1.807, 2.05) is 19.1 Å². The highest BCUT2D eigenvalue weighted by atomic mass is 32.1. The quantitative estimate of drug-likeness (QED) is 0.866. The van der Waals surface area contributed by atoms with Gasteiger partial charge in [0.15, 0.2) is 5.13 Å². The summed E-state index contributed by atoms with van der Waals surface area (Å²) >= 11 is 1.49. The first-order chi connectivity index (χ1) is 8.06. The molecule has 0 aliphatic heterocycles. The summed E-state index contributed by atoms with van der Waals surface area (Å²) in [6.45, 7) is 1.94. The molecule has 0 spiro atoms. The number of benzene rings is 1. The number of rotatable bonds is 3. The molecule has 5 heteroatoms. The number of primary amides is 1. The molecule has 0 atom stereocenters. The second-order valence-electron chi connectivity index (χ2n) is 3.80. The van der Waals surface area contributed by atoms with Gasteiger partial charge in [-0.05, 0) is 24.6 Å². The molecule has 2 rings (SSSR count). The van der Waals surface area contributed by atoms with Gasteiger partial charge in [-0.1, -0.05) is 12.1 Å². The number of nitrogens with zero attached hydrogens (tertiary/aromatic N) is 1. The maximum absolute atomic E-state index is 10.9. The Balaban J connectivity index is 2.19. The van der Waals surface area contributed by atoms with Crippen molar-refractivity contribution in [2.24, 2.45) is 5.73 Å². The van der Waals surface area contributed by atoms with E-state index in [9.17, 15) is 4.79 Å². The number of aromatic nitrogens is 1. The highest BCUT2D eigenvalue weighted by Crippen LogP contribution is 2.22. The molecular weight excluding hydrogens is 234 g/mol. The van der Waals surface area contributed by atoms with Crippen LogP contribution in [-0.2, 0) is 6.42 Å². The maximum atomic E-state index is 10.9. The lowest BCUT2D eigenvalue weighted by Crippen LogP contribution is -2.10. The molecule has 1 heterocycles. The summed E-state index contributed by atoms with van der Waals surface area (Å²) in [5.41, 5.74) is 13.4. The largest absolute Gasteiger partial charge is 0.375 e. The normalized spacial score (nSPS) is 10.4. The molecule has 4 nitrogen and oxygen atoms in total. The molecular formula is C12H13N3OS. The first-order valence-electron chi connectivity index (χ1n) is 5.17. The molecule has 0 saturated carbocycles. The Morgan fingerprint density at radius 2 is 2.00 bits per heavy atom. The van der Waals surface area contributed by atoms with Gasteiger partial charge < -0.3 is 11.5 Å². The minimum absolute atomic E-state index is 0.408.